The molecule has 0 aromatic heterocycles. The summed E-state index contributed by atoms with van der Waals surface area (Å²) < 4.78 is 42.9. The second kappa shape index (κ2) is 10.1. The van der Waals surface area contributed by atoms with Crippen LogP contribution in [0.25, 0.3) is 0 Å². The highest BCUT2D eigenvalue weighted by Crippen LogP contribution is 2.39. The van der Waals surface area contributed by atoms with Crippen LogP contribution in [0.1, 0.15) is 43.1 Å². The minimum absolute atomic E-state index is 0.159. The lowest BCUT2D eigenvalue weighted by Crippen LogP contribution is -2.25. The molecular formula is C23H30N2O6S. The molecule has 2 aromatic rings. The third-order valence-corrected chi connectivity index (χ3v) is 6.89. The Morgan fingerprint density at radius 1 is 1.00 bits per heavy atom. The van der Waals surface area contributed by atoms with E-state index in [0.717, 1.165) is 5.56 Å². The third kappa shape index (κ3) is 5.09. The van der Waals surface area contributed by atoms with Crippen molar-refractivity contribution >= 4 is 27.3 Å². The molecule has 0 bridgehead atoms. The Morgan fingerprint density at radius 3 is 2.12 bits per heavy atom. The Labute approximate surface area is 189 Å². The second-order valence-electron chi connectivity index (χ2n) is 7.30. The summed E-state index contributed by atoms with van der Waals surface area (Å²) in [6.07, 6.45) is 0.613. The van der Waals surface area contributed by atoms with Crippen LogP contribution < -0.4 is 23.8 Å². The van der Waals surface area contributed by atoms with E-state index in [-0.39, 0.29) is 11.7 Å². The van der Waals surface area contributed by atoms with Crippen LogP contribution in [0.3, 0.4) is 0 Å². The molecule has 8 nitrogen and oxygen atoms in total. The van der Waals surface area contributed by atoms with E-state index in [1.54, 1.807) is 30.3 Å². The number of rotatable bonds is 9. The molecule has 1 aliphatic heterocycles. The van der Waals surface area contributed by atoms with Crippen LogP contribution >= 0.6 is 0 Å². The number of ether oxygens (including phenoxy) is 3. The molecule has 0 aliphatic carbocycles. The quantitative estimate of drug-likeness (QED) is 0.606. The van der Waals surface area contributed by atoms with Gasteiger partial charge in [0, 0.05) is 17.8 Å². The Balaban J connectivity index is 1.88. The van der Waals surface area contributed by atoms with Crippen molar-refractivity contribution in [1.82, 2.24) is 0 Å². The molecule has 0 atom stereocenters. The van der Waals surface area contributed by atoms with Crippen molar-refractivity contribution in [3.8, 4) is 17.2 Å². The number of amides is 1. The Hall–Kier alpha value is -2.94. The van der Waals surface area contributed by atoms with Gasteiger partial charge >= 0.3 is 0 Å². The summed E-state index contributed by atoms with van der Waals surface area (Å²) in [5, 5.41) is 2.90. The van der Waals surface area contributed by atoms with E-state index in [2.05, 4.69) is 5.32 Å². The van der Waals surface area contributed by atoms with Gasteiger partial charge in [0.1, 0.15) is 0 Å². The molecule has 32 heavy (non-hydrogen) atoms. The topological polar surface area (TPSA) is 94.2 Å². The van der Waals surface area contributed by atoms with Crippen molar-refractivity contribution in [2.45, 2.75) is 34.1 Å². The molecule has 0 radical (unpaired) electrons. The maximum absolute atomic E-state index is 13.0. The lowest BCUT2D eigenvalue weighted by molar-refractivity contribution is 0.102. The van der Waals surface area contributed by atoms with Gasteiger partial charge in [-0.2, -0.15) is 0 Å². The molecule has 1 N–H and O–H groups in total. The lowest BCUT2D eigenvalue weighted by Gasteiger charge is -2.19. The maximum atomic E-state index is 13.0. The number of anilines is 2. The number of sulfonamides is 1. The highest BCUT2D eigenvalue weighted by molar-refractivity contribution is 7.93. The average molecular weight is 463 g/mol. The first-order valence-corrected chi connectivity index (χ1v) is 12.4. The van der Waals surface area contributed by atoms with Crippen LogP contribution in [-0.2, 0) is 10.0 Å². The first-order valence-electron chi connectivity index (χ1n) is 10.8. The van der Waals surface area contributed by atoms with Gasteiger partial charge in [0.15, 0.2) is 11.5 Å². The van der Waals surface area contributed by atoms with Gasteiger partial charge in [-0.25, -0.2) is 8.42 Å². The molecule has 1 aliphatic rings. The summed E-state index contributed by atoms with van der Waals surface area (Å²) in [6.45, 7) is 9.14. The van der Waals surface area contributed by atoms with Crippen LogP contribution in [0.5, 0.6) is 17.2 Å². The second-order valence-corrected chi connectivity index (χ2v) is 9.31. The lowest BCUT2D eigenvalue weighted by atomic mass is 10.1. The van der Waals surface area contributed by atoms with E-state index < -0.39 is 10.0 Å². The fraction of sp³-hybridized carbons (Fsp3) is 0.435. The molecule has 1 saturated heterocycles. The van der Waals surface area contributed by atoms with E-state index in [9.17, 15) is 13.2 Å². The minimum Gasteiger partial charge on any atom is -0.490 e. The first-order chi connectivity index (χ1) is 15.3. The molecule has 9 heteroatoms. The number of benzene rings is 2. The van der Waals surface area contributed by atoms with E-state index in [0.29, 0.717) is 67.0 Å². The van der Waals surface area contributed by atoms with Crippen molar-refractivity contribution < 1.29 is 27.4 Å². The largest absolute Gasteiger partial charge is 0.490 e. The van der Waals surface area contributed by atoms with E-state index in [1.165, 1.54) is 4.31 Å². The fourth-order valence-electron chi connectivity index (χ4n) is 3.59. The Bertz CT molecular complexity index is 1060. The number of hydrogen-bond acceptors (Lipinski definition) is 6. The third-order valence-electron chi connectivity index (χ3n) is 5.02. The zero-order valence-corrected chi connectivity index (χ0v) is 19.8. The highest BCUT2D eigenvalue weighted by Gasteiger charge is 2.28. The Morgan fingerprint density at radius 2 is 1.62 bits per heavy atom. The molecule has 3 rings (SSSR count). The van der Waals surface area contributed by atoms with E-state index in [1.807, 2.05) is 27.7 Å². The predicted molar refractivity (Wildman–Crippen MR) is 125 cm³/mol. The maximum Gasteiger partial charge on any atom is 0.255 e. The molecule has 0 saturated carbocycles. The summed E-state index contributed by atoms with van der Waals surface area (Å²) in [7, 11) is -3.26. The molecule has 1 fully saturated rings. The molecule has 2 aromatic carbocycles. The SMILES string of the molecule is CCOc1cc(C(=O)Nc2ccc(N3CCCS3(=O)=O)cc2C)cc(OCC)c1OCC. The van der Waals surface area contributed by atoms with Crippen molar-refractivity contribution in [2.24, 2.45) is 0 Å². The van der Waals surface area contributed by atoms with Crippen molar-refractivity contribution in [3.05, 3.63) is 41.5 Å². The molecule has 174 valence electrons. The zero-order valence-electron chi connectivity index (χ0n) is 18.9. The predicted octanol–water partition coefficient (Wildman–Crippen LogP) is 3.98. The molecule has 0 unspecified atom stereocenters. The van der Waals surface area contributed by atoms with Crippen molar-refractivity contribution in [1.29, 1.82) is 0 Å². The molecule has 1 amide bonds. The number of nitrogens with one attached hydrogen (secondary N) is 1. The monoisotopic (exact) mass is 462 g/mol. The molecule has 1 heterocycles. The van der Waals surface area contributed by atoms with Crippen LogP contribution in [0.15, 0.2) is 30.3 Å². The normalized spacial score (nSPS) is 14.8. The van der Waals surface area contributed by atoms with E-state index >= 15 is 0 Å². The average Bonchev–Trinajstić information content (AvgIpc) is 3.11. The van der Waals surface area contributed by atoms with Gasteiger partial charge in [-0.05, 0) is 70.0 Å². The van der Waals surface area contributed by atoms with E-state index in [4.69, 9.17) is 14.2 Å². The summed E-state index contributed by atoms with van der Waals surface area (Å²) in [5.41, 5.74) is 2.33. The number of carbonyl (C=O) groups is 1. The summed E-state index contributed by atoms with van der Waals surface area (Å²) in [4.78, 5) is 13.0. The van der Waals surface area contributed by atoms with Gasteiger partial charge in [-0.1, -0.05) is 0 Å². The van der Waals surface area contributed by atoms with Crippen LogP contribution in [0.2, 0.25) is 0 Å². The van der Waals surface area contributed by atoms with Gasteiger partial charge in [0.2, 0.25) is 15.8 Å². The highest BCUT2D eigenvalue weighted by atomic mass is 32.2. The van der Waals surface area contributed by atoms with Crippen molar-refractivity contribution in [3.63, 3.8) is 0 Å². The van der Waals surface area contributed by atoms with Crippen LogP contribution in [0.4, 0.5) is 11.4 Å². The van der Waals surface area contributed by atoms with Gasteiger partial charge in [-0.3, -0.25) is 9.10 Å². The number of nitrogens with zero attached hydrogens (tertiary/aromatic N) is 1. The van der Waals surface area contributed by atoms with Gasteiger partial charge < -0.3 is 19.5 Å². The summed E-state index contributed by atoms with van der Waals surface area (Å²) in [5.74, 6) is 1.18. The van der Waals surface area contributed by atoms with Gasteiger partial charge in [0.05, 0.1) is 31.3 Å². The minimum atomic E-state index is -3.26. The first kappa shape index (κ1) is 23.7. The van der Waals surface area contributed by atoms with Crippen LogP contribution in [-0.4, -0.2) is 46.4 Å². The zero-order chi connectivity index (χ0) is 23.3. The number of hydrogen-bond donors (Lipinski definition) is 1. The molecular weight excluding hydrogens is 432 g/mol. The van der Waals surface area contributed by atoms with Crippen molar-refractivity contribution in [2.75, 3.05) is 41.7 Å². The fourth-order valence-corrected chi connectivity index (χ4v) is 5.14. The summed E-state index contributed by atoms with van der Waals surface area (Å²) >= 11 is 0. The number of aryl methyl sites for hydroxylation is 1. The standard InChI is InChI=1S/C23H30N2O6S/c1-5-29-20-14-17(15-21(30-6-2)22(20)31-7-3)23(26)24-19-10-9-18(13-16(19)4)25-11-8-12-32(25,27)28/h9-10,13-15H,5-8,11-12H2,1-4H3,(H,24,26). The Kier molecular flexibility index (Phi) is 7.50. The van der Waals surface area contributed by atoms with Crippen LogP contribution in [0, 0.1) is 6.92 Å². The number of carbonyl (C=O) groups excluding carboxylic acids is 1. The summed E-state index contributed by atoms with van der Waals surface area (Å²) in [6, 6.07) is 8.46. The molecule has 0 spiro atoms. The van der Waals surface area contributed by atoms with Gasteiger partial charge in [-0.15, -0.1) is 0 Å². The van der Waals surface area contributed by atoms with Gasteiger partial charge in [0.25, 0.3) is 5.91 Å². The smallest absolute Gasteiger partial charge is 0.255 e.